The molecule has 0 spiro atoms. The van der Waals surface area contributed by atoms with Gasteiger partial charge in [-0.25, -0.2) is 4.58 Å². The van der Waals surface area contributed by atoms with Crippen molar-refractivity contribution in [3.63, 3.8) is 0 Å². The van der Waals surface area contributed by atoms with Gasteiger partial charge in [-0.3, -0.25) is 0 Å². The molecule has 0 aliphatic carbocycles. The lowest BCUT2D eigenvalue weighted by molar-refractivity contribution is -0.511. The van der Waals surface area contributed by atoms with E-state index in [0.29, 0.717) is 0 Å². The molecule has 1 aromatic rings. The average Bonchev–Trinajstić information content (AvgIpc) is 2.78. The summed E-state index contributed by atoms with van der Waals surface area (Å²) in [5, 5.41) is 2.20. The number of benzene rings is 1. The summed E-state index contributed by atoms with van der Waals surface area (Å²) >= 11 is 0. The first-order valence-corrected chi connectivity index (χ1v) is 5.13. The number of amidine groups is 1. The molecule has 0 bridgehead atoms. The molecule has 0 amide bonds. The van der Waals surface area contributed by atoms with Gasteiger partial charge in [0.2, 0.25) is 0 Å². The van der Waals surface area contributed by atoms with Crippen molar-refractivity contribution in [2.45, 2.75) is 12.8 Å². The maximum absolute atomic E-state index is 3.45. The van der Waals surface area contributed by atoms with Crippen LogP contribution in [0.1, 0.15) is 12.8 Å². The Morgan fingerprint density at radius 2 is 2.07 bits per heavy atom. The summed E-state index contributed by atoms with van der Waals surface area (Å²) in [4.78, 5) is 0. The SMILES string of the molecule is c1ccc(N2C[N+]3=C(CCC3)N2)cc1. The molecule has 3 rings (SSSR count). The van der Waals surface area contributed by atoms with Crippen LogP contribution in [-0.2, 0) is 0 Å². The van der Waals surface area contributed by atoms with Gasteiger partial charge in [-0.05, 0) is 18.6 Å². The first-order valence-electron chi connectivity index (χ1n) is 5.13. The Balaban J connectivity index is 1.80. The molecule has 0 aromatic heterocycles. The van der Waals surface area contributed by atoms with E-state index < -0.39 is 0 Å². The van der Waals surface area contributed by atoms with Crippen molar-refractivity contribution >= 4 is 11.5 Å². The summed E-state index contributed by atoms with van der Waals surface area (Å²) in [6.07, 6.45) is 2.49. The average molecular weight is 188 g/mol. The standard InChI is InChI=1S/C11H13N3/c1-2-5-10(6-3-1)14-9-13-8-4-7-11(13)12-14/h1-3,5-6H,4,7-9H2/p+1. The van der Waals surface area contributed by atoms with Crippen molar-refractivity contribution in [2.75, 3.05) is 18.2 Å². The largest absolute Gasteiger partial charge is 0.269 e. The second kappa shape index (κ2) is 3.01. The second-order valence-electron chi connectivity index (χ2n) is 3.83. The summed E-state index contributed by atoms with van der Waals surface area (Å²) in [6.45, 7) is 2.19. The minimum absolute atomic E-state index is 0.985. The van der Waals surface area contributed by atoms with Crippen molar-refractivity contribution < 1.29 is 4.58 Å². The number of nitrogens with one attached hydrogen (secondary N) is 1. The van der Waals surface area contributed by atoms with Gasteiger partial charge in [-0.1, -0.05) is 18.2 Å². The Bertz CT molecular complexity index is 353. The van der Waals surface area contributed by atoms with Crippen LogP contribution in [0.2, 0.25) is 0 Å². The number of hydrogen-bond donors (Lipinski definition) is 1. The minimum Gasteiger partial charge on any atom is -0.242 e. The summed E-state index contributed by atoms with van der Waals surface area (Å²) < 4.78 is 2.41. The van der Waals surface area contributed by atoms with Crippen molar-refractivity contribution in [1.82, 2.24) is 5.43 Å². The molecule has 2 aliphatic heterocycles. The first kappa shape index (κ1) is 7.85. The van der Waals surface area contributed by atoms with E-state index in [4.69, 9.17) is 0 Å². The lowest BCUT2D eigenvalue weighted by atomic mass is 10.3. The molecule has 0 saturated carbocycles. The third kappa shape index (κ3) is 1.16. The molecule has 2 heterocycles. The van der Waals surface area contributed by atoms with Gasteiger partial charge < -0.3 is 0 Å². The highest BCUT2D eigenvalue weighted by atomic mass is 15.6. The fourth-order valence-corrected chi connectivity index (χ4v) is 2.13. The molecule has 72 valence electrons. The minimum atomic E-state index is 0.985. The highest BCUT2D eigenvalue weighted by Gasteiger charge is 2.31. The highest BCUT2D eigenvalue weighted by molar-refractivity contribution is 5.81. The quantitative estimate of drug-likeness (QED) is 0.667. The van der Waals surface area contributed by atoms with Crippen LogP contribution in [0.3, 0.4) is 0 Å². The van der Waals surface area contributed by atoms with E-state index in [1.54, 1.807) is 0 Å². The fraction of sp³-hybridized carbons (Fsp3) is 0.364. The van der Waals surface area contributed by atoms with E-state index in [9.17, 15) is 0 Å². The number of anilines is 1. The Morgan fingerprint density at radius 3 is 2.86 bits per heavy atom. The van der Waals surface area contributed by atoms with Gasteiger partial charge in [-0.15, -0.1) is 0 Å². The zero-order valence-corrected chi connectivity index (χ0v) is 8.11. The lowest BCUT2D eigenvalue weighted by Gasteiger charge is -2.12. The number of hydrazine groups is 1. The van der Waals surface area contributed by atoms with Crippen molar-refractivity contribution in [3.05, 3.63) is 30.3 Å². The van der Waals surface area contributed by atoms with Crippen LogP contribution >= 0.6 is 0 Å². The maximum atomic E-state index is 3.45. The summed E-state index contributed by atoms with van der Waals surface area (Å²) in [5.41, 5.74) is 4.69. The van der Waals surface area contributed by atoms with Crippen LogP contribution in [0.5, 0.6) is 0 Å². The zero-order valence-electron chi connectivity index (χ0n) is 8.11. The molecule has 0 fully saturated rings. The Morgan fingerprint density at radius 1 is 1.21 bits per heavy atom. The molecule has 0 unspecified atom stereocenters. The smallest absolute Gasteiger partial charge is 0.242 e. The van der Waals surface area contributed by atoms with Crippen molar-refractivity contribution in [3.8, 4) is 0 Å². The third-order valence-corrected chi connectivity index (χ3v) is 2.87. The van der Waals surface area contributed by atoms with Gasteiger partial charge in [-0.2, -0.15) is 10.4 Å². The van der Waals surface area contributed by atoms with Gasteiger partial charge in [0.1, 0.15) is 0 Å². The van der Waals surface area contributed by atoms with Gasteiger partial charge in [0, 0.05) is 0 Å². The monoisotopic (exact) mass is 188 g/mol. The van der Waals surface area contributed by atoms with E-state index in [-0.39, 0.29) is 0 Å². The van der Waals surface area contributed by atoms with E-state index in [1.807, 2.05) is 6.07 Å². The Kier molecular flexibility index (Phi) is 1.69. The molecule has 0 radical (unpaired) electrons. The Hall–Kier alpha value is -1.51. The van der Waals surface area contributed by atoms with Crippen LogP contribution in [0.25, 0.3) is 0 Å². The second-order valence-corrected chi connectivity index (χ2v) is 3.83. The molecule has 3 heteroatoms. The first-order chi connectivity index (χ1) is 6.93. The molecule has 0 saturated heterocycles. The van der Waals surface area contributed by atoms with Gasteiger partial charge >= 0.3 is 0 Å². The van der Waals surface area contributed by atoms with E-state index in [2.05, 4.69) is 39.3 Å². The van der Waals surface area contributed by atoms with Crippen LogP contribution in [0.4, 0.5) is 5.69 Å². The predicted octanol–water partition coefficient (Wildman–Crippen LogP) is 1.17. The van der Waals surface area contributed by atoms with Gasteiger partial charge in [0.05, 0.1) is 18.7 Å². The maximum Gasteiger partial charge on any atom is 0.269 e. The normalized spacial score (nSPS) is 19.9. The summed E-state index contributed by atoms with van der Waals surface area (Å²) in [5.74, 6) is 1.38. The molecular formula is C11H14N3+. The number of hydrogen-bond acceptors (Lipinski definition) is 2. The summed E-state index contributed by atoms with van der Waals surface area (Å²) in [6, 6.07) is 10.5. The molecule has 3 nitrogen and oxygen atoms in total. The predicted molar refractivity (Wildman–Crippen MR) is 56.3 cm³/mol. The van der Waals surface area contributed by atoms with Gasteiger partial charge in [0.15, 0.2) is 6.67 Å². The topological polar surface area (TPSA) is 18.3 Å². The lowest BCUT2D eigenvalue weighted by Crippen LogP contribution is -2.36. The molecule has 1 N–H and O–H groups in total. The number of nitrogens with zero attached hydrogens (tertiary/aromatic N) is 2. The highest BCUT2D eigenvalue weighted by Crippen LogP contribution is 2.16. The van der Waals surface area contributed by atoms with Crippen molar-refractivity contribution in [2.24, 2.45) is 0 Å². The fourth-order valence-electron chi connectivity index (χ4n) is 2.13. The van der Waals surface area contributed by atoms with Crippen LogP contribution in [-0.4, -0.2) is 23.6 Å². The Labute approximate surface area is 83.6 Å². The number of rotatable bonds is 1. The van der Waals surface area contributed by atoms with E-state index >= 15 is 0 Å². The van der Waals surface area contributed by atoms with E-state index in [0.717, 1.165) is 6.67 Å². The zero-order chi connectivity index (χ0) is 9.38. The molecular weight excluding hydrogens is 174 g/mol. The van der Waals surface area contributed by atoms with Crippen LogP contribution in [0, 0.1) is 0 Å². The van der Waals surface area contributed by atoms with Crippen LogP contribution in [0.15, 0.2) is 30.3 Å². The van der Waals surface area contributed by atoms with Crippen molar-refractivity contribution in [1.29, 1.82) is 0 Å². The summed E-state index contributed by atoms with van der Waals surface area (Å²) in [7, 11) is 0. The molecule has 1 aromatic carbocycles. The van der Waals surface area contributed by atoms with E-state index in [1.165, 1.54) is 30.9 Å². The molecule has 2 aliphatic rings. The molecule has 14 heavy (non-hydrogen) atoms. The molecule has 0 atom stereocenters. The van der Waals surface area contributed by atoms with Gasteiger partial charge in [0.25, 0.3) is 5.84 Å². The third-order valence-electron chi connectivity index (χ3n) is 2.87. The van der Waals surface area contributed by atoms with Crippen LogP contribution < -0.4 is 10.4 Å². The number of para-hydroxylation sites is 1.